The van der Waals surface area contributed by atoms with Crippen molar-refractivity contribution in [2.45, 2.75) is 39.2 Å². The zero-order valence-corrected chi connectivity index (χ0v) is 15.5. The molecular weight excluding hydrogens is 358 g/mol. The summed E-state index contributed by atoms with van der Waals surface area (Å²) in [6.07, 6.45) is 1.74. The number of hydrogen-bond acceptors (Lipinski definition) is 6. The lowest BCUT2D eigenvalue weighted by atomic mass is 10.1. The molecule has 1 aromatic carbocycles. The van der Waals surface area contributed by atoms with E-state index in [-0.39, 0.29) is 0 Å². The van der Waals surface area contributed by atoms with E-state index in [4.69, 9.17) is 4.74 Å². The fourth-order valence-electron chi connectivity index (χ4n) is 3.33. The summed E-state index contributed by atoms with van der Waals surface area (Å²) in [6, 6.07) is 12.8. The van der Waals surface area contributed by atoms with E-state index in [1.807, 2.05) is 58.9 Å². The van der Waals surface area contributed by atoms with Crippen LogP contribution in [0.3, 0.4) is 0 Å². The van der Waals surface area contributed by atoms with Gasteiger partial charge in [0.15, 0.2) is 0 Å². The summed E-state index contributed by atoms with van der Waals surface area (Å²) >= 11 is 0. The van der Waals surface area contributed by atoms with Gasteiger partial charge in [0.1, 0.15) is 30.0 Å². The summed E-state index contributed by atoms with van der Waals surface area (Å²) in [4.78, 5) is 17.9. The third kappa shape index (κ3) is 3.86. The molecule has 0 saturated carbocycles. The van der Waals surface area contributed by atoms with E-state index in [1.54, 1.807) is 6.20 Å². The third-order valence-corrected chi connectivity index (χ3v) is 4.86. The fourth-order valence-corrected chi connectivity index (χ4v) is 3.33. The molecule has 1 aliphatic rings. The normalized spacial score (nSPS) is 16.5. The molecule has 28 heavy (non-hydrogen) atoms. The molecule has 0 amide bonds. The van der Waals surface area contributed by atoms with E-state index >= 15 is 0 Å². The van der Waals surface area contributed by atoms with Crippen molar-refractivity contribution >= 4 is 5.97 Å². The molecule has 1 aliphatic heterocycles. The van der Waals surface area contributed by atoms with Gasteiger partial charge >= 0.3 is 5.97 Å². The Balaban J connectivity index is 1.42. The second kappa shape index (κ2) is 7.77. The number of aromatic nitrogens is 4. The van der Waals surface area contributed by atoms with Gasteiger partial charge in [-0.15, -0.1) is 10.2 Å². The second-order valence-corrected chi connectivity index (χ2v) is 6.79. The van der Waals surface area contributed by atoms with Gasteiger partial charge in [0.25, 0.3) is 0 Å². The van der Waals surface area contributed by atoms with Crippen molar-refractivity contribution < 1.29 is 14.6 Å². The molecule has 1 N–H and O–H groups in total. The minimum Gasteiger partial charge on any atom is -0.487 e. The van der Waals surface area contributed by atoms with Crippen LogP contribution >= 0.6 is 0 Å². The molecule has 0 saturated heterocycles. The van der Waals surface area contributed by atoms with Crippen LogP contribution in [0.5, 0.6) is 5.75 Å². The third-order valence-electron chi connectivity index (χ3n) is 4.86. The number of aliphatic carboxylic acids is 1. The minimum atomic E-state index is -0.839. The minimum absolute atomic E-state index is 0.356. The number of rotatable bonds is 6. The van der Waals surface area contributed by atoms with E-state index in [9.17, 15) is 9.90 Å². The maximum Gasteiger partial charge on any atom is 0.322 e. The Bertz CT molecular complexity index is 956. The molecule has 0 spiro atoms. The van der Waals surface area contributed by atoms with Crippen LogP contribution in [0, 0.1) is 6.92 Å². The quantitative estimate of drug-likeness (QED) is 0.700. The molecule has 3 heterocycles. The molecule has 1 atom stereocenters. The average molecular weight is 379 g/mol. The first-order valence-electron chi connectivity index (χ1n) is 9.07. The number of carboxylic acids is 1. The van der Waals surface area contributed by atoms with Crippen LogP contribution in [-0.2, 0) is 31.0 Å². The van der Waals surface area contributed by atoms with Crippen LogP contribution in [0.15, 0.2) is 48.7 Å². The monoisotopic (exact) mass is 379 g/mol. The summed E-state index contributed by atoms with van der Waals surface area (Å²) < 4.78 is 7.63. The molecule has 3 aromatic rings. The van der Waals surface area contributed by atoms with Crippen molar-refractivity contribution in [3.05, 3.63) is 71.6 Å². The topological polar surface area (TPSA) is 93.4 Å². The van der Waals surface area contributed by atoms with Crippen molar-refractivity contribution in [3.63, 3.8) is 0 Å². The van der Waals surface area contributed by atoms with E-state index in [1.165, 1.54) is 0 Å². The summed E-state index contributed by atoms with van der Waals surface area (Å²) in [5.41, 5.74) is 1.88. The Morgan fingerprint density at radius 2 is 2.04 bits per heavy atom. The molecule has 8 nitrogen and oxygen atoms in total. The van der Waals surface area contributed by atoms with Crippen molar-refractivity contribution in [3.8, 4) is 5.75 Å². The predicted molar refractivity (Wildman–Crippen MR) is 100 cm³/mol. The number of ether oxygens (including phenoxy) is 1. The maximum absolute atomic E-state index is 11.8. The second-order valence-electron chi connectivity index (χ2n) is 6.79. The van der Waals surface area contributed by atoms with E-state index < -0.39 is 12.0 Å². The number of aryl methyl sites for hydroxylation is 1. The number of carbonyl (C=O) groups is 1. The van der Waals surface area contributed by atoms with Gasteiger partial charge in [0, 0.05) is 12.7 Å². The summed E-state index contributed by atoms with van der Waals surface area (Å²) in [7, 11) is 0. The van der Waals surface area contributed by atoms with Crippen LogP contribution in [0.1, 0.15) is 22.9 Å². The number of carboxylic acid groups (broad SMARTS) is 1. The Morgan fingerprint density at radius 1 is 1.21 bits per heavy atom. The zero-order chi connectivity index (χ0) is 19.5. The molecule has 4 rings (SSSR count). The Kier molecular flexibility index (Phi) is 5.03. The van der Waals surface area contributed by atoms with Crippen molar-refractivity contribution in [2.24, 2.45) is 0 Å². The van der Waals surface area contributed by atoms with Gasteiger partial charge in [-0.3, -0.25) is 14.7 Å². The van der Waals surface area contributed by atoms with Crippen molar-refractivity contribution in [2.75, 3.05) is 0 Å². The Hall–Kier alpha value is -3.26. The van der Waals surface area contributed by atoms with Gasteiger partial charge in [-0.2, -0.15) is 0 Å². The number of pyridine rings is 1. The summed E-state index contributed by atoms with van der Waals surface area (Å²) in [5, 5.41) is 17.9. The SMILES string of the molecule is Cc1nnc2n1CC(C(=O)O)N(Cc1ccc(OCc3ccccn3)cc1)C2. The van der Waals surface area contributed by atoms with Crippen LogP contribution in [0.2, 0.25) is 0 Å². The molecule has 0 radical (unpaired) electrons. The summed E-state index contributed by atoms with van der Waals surface area (Å²) in [6.45, 7) is 3.57. The zero-order valence-electron chi connectivity index (χ0n) is 15.5. The average Bonchev–Trinajstić information content (AvgIpc) is 3.07. The van der Waals surface area contributed by atoms with Gasteiger partial charge in [0.05, 0.1) is 18.8 Å². The number of nitrogens with zero attached hydrogens (tertiary/aromatic N) is 5. The molecule has 0 aliphatic carbocycles. The first-order chi connectivity index (χ1) is 13.6. The first-order valence-corrected chi connectivity index (χ1v) is 9.07. The van der Waals surface area contributed by atoms with Crippen LogP contribution in [0.4, 0.5) is 0 Å². The molecule has 0 fully saturated rings. The highest BCUT2D eigenvalue weighted by Crippen LogP contribution is 2.22. The highest BCUT2D eigenvalue weighted by Gasteiger charge is 2.33. The predicted octanol–water partition coefficient (Wildman–Crippen LogP) is 2.03. The largest absolute Gasteiger partial charge is 0.487 e. The number of hydrogen-bond donors (Lipinski definition) is 1. The molecule has 1 unspecified atom stereocenters. The Morgan fingerprint density at radius 3 is 2.75 bits per heavy atom. The molecule has 0 bridgehead atoms. The number of benzene rings is 1. The van der Waals surface area contributed by atoms with Crippen LogP contribution < -0.4 is 4.74 Å². The van der Waals surface area contributed by atoms with E-state index in [0.29, 0.717) is 26.2 Å². The maximum atomic E-state index is 11.8. The summed E-state index contributed by atoms with van der Waals surface area (Å²) in [5.74, 6) is 1.45. The Labute approximate surface area is 162 Å². The van der Waals surface area contributed by atoms with Gasteiger partial charge in [-0.05, 0) is 36.8 Å². The number of fused-ring (bicyclic) bond motifs is 1. The van der Waals surface area contributed by atoms with Gasteiger partial charge in [-0.25, -0.2) is 0 Å². The van der Waals surface area contributed by atoms with E-state index in [0.717, 1.165) is 28.7 Å². The van der Waals surface area contributed by atoms with Crippen molar-refractivity contribution in [1.29, 1.82) is 0 Å². The fraction of sp³-hybridized carbons (Fsp3) is 0.300. The van der Waals surface area contributed by atoms with Gasteiger partial charge < -0.3 is 14.4 Å². The molecule has 144 valence electrons. The lowest BCUT2D eigenvalue weighted by molar-refractivity contribution is -0.145. The lowest BCUT2D eigenvalue weighted by Crippen LogP contribution is -2.47. The smallest absolute Gasteiger partial charge is 0.322 e. The first kappa shape index (κ1) is 18.1. The molecular formula is C20H21N5O3. The van der Waals surface area contributed by atoms with Gasteiger partial charge in [-0.1, -0.05) is 18.2 Å². The highest BCUT2D eigenvalue weighted by molar-refractivity contribution is 5.73. The molecule has 8 heteroatoms. The van der Waals surface area contributed by atoms with Crippen molar-refractivity contribution in [1.82, 2.24) is 24.6 Å². The van der Waals surface area contributed by atoms with E-state index in [2.05, 4.69) is 15.2 Å². The van der Waals surface area contributed by atoms with Crippen LogP contribution in [0.25, 0.3) is 0 Å². The highest BCUT2D eigenvalue weighted by atomic mass is 16.5. The van der Waals surface area contributed by atoms with Crippen LogP contribution in [-0.4, -0.2) is 41.8 Å². The lowest BCUT2D eigenvalue weighted by Gasteiger charge is -2.33. The van der Waals surface area contributed by atoms with Gasteiger partial charge in [0.2, 0.25) is 0 Å². The standard InChI is InChI=1S/C20H21N5O3/c1-14-22-23-19-12-24(18(20(26)27)11-25(14)19)10-15-5-7-17(8-6-15)28-13-16-4-2-3-9-21-16/h2-9,18H,10-13H2,1H3,(H,26,27). The molecule has 2 aromatic heterocycles.